The maximum absolute atomic E-state index is 13.1. The van der Waals surface area contributed by atoms with Gasteiger partial charge in [0.25, 0.3) is 5.91 Å². The monoisotopic (exact) mass is 607 g/mol. The summed E-state index contributed by atoms with van der Waals surface area (Å²) < 4.78 is 16.0. The lowest BCUT2D eigenvalue weighted by atomic mass is 10.1. The Bertz CT molecular complexity index is 1780. The third kappa shape index (κ3) is 7.72. The third-order valence-corrected chi connectivity index (χ3v) is 9.03. The van der Waals surface area contributed by atoms with Crippen molar-refractivity contribution in [2.24, 2.45) is 0 Å². The summed E-state index contributed by atoms with van der Waals surface area (Å²) >= 11 is 0. The van der Waals surface area contributed by atoms with E-state index in [0.29, 0.717) is 42.8 Å². The number of hydrogen-bond donors (Lipinski definition) is 1. The van der Waals surface area contributed by atoms with Crippen molar-refractivity contribution in [3.8, 4) is 11.5 Å². The van der Waals surface area contributed by atoms with Gasteiger partial charge in [0.05, 0.1) is 16.9 Å². The molecule has 0 radical (unpaired) electrons. The summed E-state index contributed by atoms with van der Waals surface area (Å²) in [4.78, 5) is 13.1. The number of ether oxygens (including phenoxy) is 2. The van der Waals surface area contributed by atoms with Gasteiger partial charge < -0.3 is 14.8 Å². The summed E-state index contributed by atoms with van der Waals surface area (Å²) in [6, 6.07) is 24.7. The van der Waals surface area contributed by atoms with Crippen LogP contribution in [0, 0.1) is 13.8 Å². The van der Waals surface area contributed by atoms with Crippen LogP contribution >= 0.6 is 0 Å². The maximum Gasteiger partial charge on any atom is 0.273 e. The molecule has 0 spiro atoms. The number of nitrogens with zero attached hydrogens (tertiary/aromatic N) is 4. The van der Waals surface area contributed by atoms with Crippen molar-refractivity contribution in [2.45, 2.75) is 59.7 Å². The molecule has 0 unspecified atom stereocenters. The van der Waals surface area contributed by atoms with Gasteiger partial charge in [-0.25, -0.2) is 4.68 Å². The Morgan fingerprint density at radius 3 is 2.41 bits per heavy atom. The van der Waals surface area contributed by atoms with E-state index in [1.165, 1.54) is 0 Å². The molecule has 5 aromatic rings. The second-order valence-corrected chi connectivity index (χ2v) is 17.8. The number of nitrogens with one attached hydrogen (secondary N) is 1. The highest BCUT2D eigenvalue weighted by molar-refractivity contribution is 6.76. The average Bonchev–Trinajstić information content (AvgIpc) is 3.55. The van der Waals surface area contributed by atoms with Crippen LogP contribution in [0.4, 0.5) is 5.69 Å². The van der Waals surface area contributed by atoms with Crippen molar-refractivity contribution in [1.82, 2.24) is 19.6 Å². The van der Waals surface area contributed by atoms with Crippen LogP contribution in [0.25, 0.3) is 23.1 Å². The molecule has 228 valence electrons. The number of anilines is 1. The number of rotatable bonds is 12. The Morgan fingerprint density at radius 1 is 0.909 bits per heavy atom. The summed E-state index contributed by atoms with van der Waals surface area (Å²) in [6.45, 7) is 14.5. The third-order valence-electron chi connectivity index (χ3n) is 7.32. The van der Waals surface area contributed by atoms with E-state index in [4.69, 9.17) is 14.6 Å². The Kier molecular flexibility index (Phi) is 9.46. The number of aromatic nitrogens is 4. The normalized spacial score (nSPS) is 11.9. The zero-order chi connectivity index (χ0) is 31.3. The average molecular weight is 608 g/mol. The lowest BCUT2D eigenvalue weighted by Gasteiger charge is -2.15. The first-order valence-corrected chi connectivity index (χ1v) is 18.8. The minimum Gasteiger partial charge on any atom is -0.457 e. The zero-order valence-electron chi connectivity index (χ0n) is 26.4. The number of hydrogen-bond acceptors (Lipinski definition) is 5. The van der Waals surface area contributed by atoms with E-state index in [0.717, 1.165) is 39.5 Å². The van der Waals surface area contributed by atoms with E-state index in [1.807, 2.05) is 86.1 Å². The van der Waals surface area contributed by atoms with Crippen molar-refractivity contribution in [3.05, 3.63) is 101 Å². The van der Waals surface area contributed by atoms with Crippen molar-refractivity contribution >= 4 is 42.7 Å². The second-order valence-electron chi connectivity index (χ2n) is 12.2. The van der Waals surface area contributed by atoms with Crippen molar-refractivity contribution in [3.63, 3.8) is 0 Å². The van der Waals surface area contributed by atoms with Gasteiger partial charge in [0, 0.05) is 44.4 Å². The molecule has 0 aliphatic carbocycles. The molecule has 1 N–H and O–H groups in total. The molecule has 0 aliphatic heterocycles. The molecule has 2 aromatic heterocycles. The van der Waals surface area contributed by atoms with Crippen LogP contribution in [0.2, 0.25) is 25.7 Å². The quantitative estimate of drug-likeness (QED) is 0.114. The maximum atomic E-state index is 13.1. The molecule has 0 fully saturated rings. The number of aryl methyl sites for hydroxylation is 3. The molecule has 1 amide bonds. The molecule has 44 heavy (non-hydrogen) atoms. The Morgan fingerprint density at radius 2 is 1.66 bits per heavy atom. The summed E-state index contributed by atoms with van der Waals surface area (Å²) in [5.74, 6) is 1.08. The van der Waals surface area contributed by atoms with Crippen LogP contribution in [0.1, 0.15) is 39.9 Å². The molecular weight excluding hydrogens is 567 g/mol. The molecular formula is C35H41N5O3Si. The van der Waals surface area contributed by atoms with Gasteiger partial charge in [-0.3, -0.25) is 9.48 Å². The van der Waals surface area contributed by atoms with E-state index >= 15 is 0 Å². The highest BCUT2D eigenvalue weighted by Gasteiger charge is 2.16. The van der Waals surface area contributed by atoms with Crippen LogP contribution in [0.5, 0.6) is 11.5 Å². The molecule has 9 heteroatoms. The predicted molar refractivity (Wildman–Crippen MR) is 181 cm³/mol. The summed E-state index contributed by atoms with van der Waals surface area (Å²) in [6.07, 6.45) is 4.11. The van der Waals surface area contributed by atoms with Gasteiger partial charge in [-0.1, -0.05) is 62.1 Å². The highest BCUT2D eigenvalue weighted by atomic mass is 28.3. The smallest absolute Gasteiger partial charge is 0.273 e. The summed E-state index contributed by atoms with van der Waals surface area (Å²) in [7, 11) is -1.21. The molecule has 0 aliphatic rings. The fourth-order valence-electron chi connectivity index (χ4n) is 4.82. The zero-order valence-corrected chi connectivity index (χ0v) is 27.4. The molecule has 0 bridgehead atoms. The first-order chi connectivity index (χ1) is 21.1. The van der Waals surface area contributed by atoms with Gasteiger partial charge in [0.2, 0.25) is 0 Å². The van der Waals surface area contributed by atoms with Gasteiger partial charge in [-0.05, 0) is 68.3 Å². The number of benzene rings is 3. The lowest BCUT2D eigenvalue weighted by Crippen LogP contribution is -2.22. The highest BCUT2D eigenvalue weighted by Crippen LogP contribution is 2.31. The van der Waals surface area contributed by atoms with Gasteiger partial charge in [-0.2, -0.15) is 10.2 Å². The number of fused-ring (bicyclic) bond motifs is 1. The van der Waals surface area contributed by atoms with Gasteiger partial charge in [0.15, 0.2) is 0 Å². The molecule has 2 heterocycles. The van der Waals surface area contributed by atoms with Crippen LogP contribution in [-0.4, -0.2) is 40.1 Å². The van der Waals surface area contributed by atoms with Crippen molar-refractivity contribution in [2.75, 3.05) is 11.9 Å². The van der Waals surface area contributed by atoms with Crippen LogP contribution in [-0.2, 0) is 18.0 Å². The first kappa shape index (κ1) is 31.0. The Hall–Kier alpha value is -4.47. The summed E-state index contributed by atoms with van der Waals surface area (Å²) in [5.41, 5.74) is 5.85. The minimum atomic E-state index is -1.21. The standard InChI is InChI=1S/C35H41N5O3Si/c1-7-39-34(21-26(3)37-39)35(41)36-32-22-28(15-13-25(32)2)43-29-16-17-30-31(18-14-27-11-9-8-10-12-27)38-40(33(30)23-29)24-42-19-20-44(4,5)6/h8-18,21-23H,7,19-20,24H2,1-6H3,(H,36,41)/b18-14+. The van der Waals surface area contributed by atoms with E-state index in [9.17, 15) is 4.79 Å². The van der Waals surface area contributed by atoms with Gasteiger partial charge in [-0.15, -0.1) is 0 Å². The van der Waals surface area contributed by atoms with Gasteiger partial charge in [0.1, 0.15) is 23.9 Å². The number of carbonyl (C=O) groups is 1. The molecule has 3 aromatic carbocycles. The van der Waals surface area contributed by atoms with E-state index in [2.05, 4.69) is 48.3 Å². The van der Waals surface area contributed by atoms with Crippen LogP contribution < -0.4 is 10.1 Å². The fourth-order valence-corrected chi connectivity index (χ4v) is 5.58. The fraction of sp³-hybridized carbons (Fsp3) is 0.286. The van der Waals surface area contributed by atoms with E-state index in [1.54, 1.807) is 10.7 Å². The molecule has 8 nitrogen and oxygen atoms in total. The second kappa shape index (κ2) is 13.4. The topological polar surface area (TPSA) is 83.2 Å². The molecule has 5 rings (SSSR count). The molecule has 0 saturated heterocycles. The van der Waals surface area contributed by atoms with Crippen molar-refractivity contribution < 1.29 is 14.3 Å². The Balaban J connectivity index is 1.39. The van der Waals surface area contributed by atoms with Crippen LogP contribution in [0.15, 0.2) is 72.8 Å². The molecule has 0 saturated carbocycles. The van der Waals surface area contributed by atoms with E-state index in [-0.39, 0.29) is 5.91 Å². The van der Waals surface area contributed by atoms with Crippen LogP contribution in [0.3, 0.4) is 0 Å². The Labute approximate surface area is 260 Å². The lowest BCUT2D eigenvalue weighted by molar-refractivity contribution is 0.0816. The molecule has 0 atom stereocenters. The number of carbonyl (C=O) groups excluding carboxylic acids is 1. The predicted octanol–water partition coefficient (Wildman–Crippen LogP) is 8.40. The van der Waals surface area contributed by atoms with Crippen molar-refractivity contribution in [1.29, 1.82) is 0 Å². The first-order valence-electron chi connectivity index (χ1n) is 15.1. The van der Waals surface area contributed by atoms with E-state index < -0.39 is 8.07 Å². The number of amides is 1. The largest absolute Gasteiger partial charge is 0.457 e. The van der Waals surface area contributed by atoms with Gasteiger partial charge >= 0.3 is 0 Å². The minimum absolute atomic E-state index is 0.205. The summed E-state index contributed by atoms with van der Waals surface area (Å²) in [5, 5.41) is 13.3. The SMILES string of the molecule is CCn1nc(C)cc1C(=O)Nc1cc(Oc2ccc3c(/C=C/c4ccccc4)nn(COCC[Si](C)(C)C)c3c2)ccc1C.